The molecule has 0 radical (unpaired) electrons. The summed E-state index contributed by atoms with van der Waals surface area (Å²) in [6.45, 7) is 1.95. The minimum atomic E-state index is -0.438. The number of carbonyl (C=O) groups excluding carboxylic acids is 2. The molecule has 7 nitrogen and oxygen atoms in total. The third-order valence-electron chi connectivity index (χ3n) is 4.77. The average molecular weight is 468 g/mol. The number of Topliss-reactive ketones (excluding diaryl/α,β-unsaturated/α-hetero) is 1. The number of nitrogens with zero attached hydrogens (tertiary/aromatic N) is 2. The van der Waals surface area contributed by atoms with E-state index >= 15 is 0 Å². The average Bonchev–Trinajstić information content (AvgIpc) is 3.44. The smallest absolute Gasteiger partial charge is 0.291 e. The number of ketones is 1. The number of hydrogen-bond donors (Lipinski definition) is 1. The van der Waals surface area contributed by atoms with Crippen LogP contribution in [0.3, 0.4) is 0 Å². The molecule has 2 aromatic heterocycles. The number of furan rings is 1. The second kappa shape index (κ2) is 9.70. The zero-order valence-corrected chi connectivity index (χ0v) is 18.3. The van der Waals surface area contributed by atoms with Gasteiger partial charge in [0.25, 0.3) is 5.91 Å². The number of halogens is 2. The van der Waals surface area contributed by atoms with Gasteiger partial charge in [-0.2, -0.15) is 5.10 Å². The molecule has 4 rings (SSSR count). The van der Waals surface area contributed by atoms with E-state index in [1.807, 2.05) is 0 Å². The van der Waals surface area contributed by atoms with Crippen LogP contribution in [0.15, 0.2) is 71.4 Å². The van der Waals surface area contributed by atoms with Gasteiger partial charge in [-0.1, -0.05) is 17.7 Å². The molecule has 1 amide bonds. The Labute approximate surface area is 193 Å². The highest BCUT2D eigenvalue weighted by Gasteiger charge is 2.13. The summed E-state index contributed by atoms with van der Waals surface area (Å²) in [6, 6.07) is 14.1. The van der Waals surface area contributed by atoms with Crippen molar-refractivity contribution in [2.45, 2.75) is 20.1 Å². The van der Waals surface area contributed by atoms with E-state index in [1.54, 1.807) is 53.3 Å². The van der Waals surface area contributed by atoms with Gasteiger partial charge in [0.2, 0.25) is 0 Å². The summed E-state index contributed by atoms with van der Waals surface area (Å²) < 4.78 is 26.0. The molecule has 2 aromatic carbocycles. The van der Waals surface area contributed by atoms with Crippen LogP contribution < -0.4 is 10.1 Å². The van der Waals surface area contributed by atoms with E-state index in [0.29, 0.717) is 39.9 Å². The Morgan fingerprint density at radius 1 is 1.15 bits per heavy atom. The quantitative estimate of drug-likeness (QED) is 0.353. The molecule has 0 saturated heterocycles. The molecule has 0 unspecified atom stereocenters. The summed E-state index contributed by atoms with van der Waals surface area (Å²) in [5.74, 6) is 0.300. The lowest BCUT2D eigenvalue weighted by Gasteiger charge is -2.05. The standard InChI is InChI=1S/C24H19ClFN3O4/c1-15(30)16-3-6-20(7-4-16)32-14-21-8-9-23(33-21)24(31)28-19-11-27-29(13-19)12-17-2-5-18(26)10-22(17)25/h2-11,13H,12,14H2,1H3,(H,28,31). The molecule has 0 spiro atoms. The van der Waals surface area contributed by atoms with Gasteiger partial charge < -0.3 is 14.5 Å². The first-order valence-electron chi connectivity index (χ1n) is 9.97. The van der Waals surface area contributed by atoms with E-state index < -0.39 is 11.7 Å². The van der Waals surface area contributed by atoms with Crippen LogP contribution in [0.25, 0.3) is 0 Å². The molecular formula is C24H19ClFN3O4. The van der Waals surface area contributed by atoms with Crippen LogP contribution in [0, 0.1) is 5.82 Å². The number of carbonyl (C=O) groups is 2. The first kappa shape index (κ1) is 22.3. The lowest BCUT2D eigenvalue weighted by Crippen LogP contribution is -2.10. The molecule has 0 aliphatic heterocycles. The van der Waals surface area contributed by atoms with Crippen molar-refractivity contribution in [3.05, 3.63) is 100 Å². The van der Waals surface area contributed by atoms with Crippen molar-refractivity contribution in [1.29, 1.82) is 0 Å². The van der Waals surface area contributed by atoms with Crippen molar-refractivity contribution in [3.63, 3.8) is 0 Å². The highest BCUT2D eigenvalue weighted by Crippen LogP contribution is 2.20. The molecule has 168 valence electrons. The molecular weight excluding hydrogens is 449 g/mol. The predicted octanol–water partition coefficient (Wildman–Crippen LogP) is 5.35. The Bertz CT molecular complexity index is 1300. The number of ether oxygens (including phenoxy) is 1. The highest BCUT2D eigenvalue weighted by atomic mass is 35.5. The Balaban J connectivity index is 1.32. The van der Waals surface area contributed by atoms with Crippen LogP contribution in [0.1, 0.15) is 39.2 Å². The lowest BCUT2D eigenvalue weighted by atomic mass is 10.1. The van der Waals surface area contributed by atoms with Crippen LogP contribution in [-0.4, -0.2) is 21.5 Å². The Morgan fingerprint density at radius 2 is 1.94 bits per heavy atom. The van der Waals surface area contributed by atoms with E-state index in [0.717, 1.165) is 0 Å². The summed E-state index contributed by atoms with van der Waals surface area (Å²) in [5.41, 5.74) is 1.77. The zero-order valence-electron chi connectivity index (χ0n) is 17.5. The summed E-state index contributed by atoms with van der Waals surface area (Å²) >= 11 is 6.05. The SMILES string of the molecule is CC(=O)c1ccc(OCc2ccc(C(=O)Nc3cnn(Cc4ccc(F)cc4Cl)c3)o2)cc1. The summed E-state index contributed by atoms with van der Waals surface area (Å²) in [4.78, 5) is 23.8. The van der Waals surface area contributed by atoms with Gasteiger partial charge in [0, 0.05) is 16.8 Å². The molecule has 0 aliphatic rings. The molecule has 9 heteroatoms. The fraction of sp³-hybridized carbons (Fsp3) is 0.125. The predicted molar refractivity (Wildman–Crippen MR) is 120 cm³/mol. The molecule has 0 bridgehead atoms. The number of aromatic nitrogens is 2. The Hall–Kier alpha value is -3.91. The van der Waals surface area contributed by atoms with Crippen LogP contribution in [0.4, 0.5) is 10.1 Å². The molecule has 0 saturated carbocycles. The van der Waals surface area contributed by atoms with Crippen molar-refractivity contribution in [2.75, 3.05) is 5.32 Å². The van der Waals surface area contributed by atoms with Gasteiger partial charge in [0.1, 0.15) is 23.9 Å². The molecule has 33 heavy (non-hydrogen) atoms. The zero-order chi connectivity index (χ0) is 23.4. The molecule has 4 aromatic rings. The van der Waals surface area contributed by atoms with Crippen LogP contribution in [0.5, 0.6) is 5.75 Å². The van der Waals surface area contributed by atoms with Crippen LogP contribution in [0.2, 0.25) is 5.02 Å². The first-order valence-corrected chi connectivity index (χ1v) is 10.4. The van der Waals surface area contributed by atoms with Crippen LogP contribution in [-0.2, 0) is 13.2 Å². The van der Waals surface area contributed by atoms with E-state index in [1.165, 1.54) is 25.3 Å². The van der Waals surface area contributed by atoms with Crippen molar-refractivity contribution in [2.24, 2.45) is 0 Å². The van der Waals surface area contributed by atoms with Crippen molar-refractivity contribution in [1.82, 2.24) is 9.78 Å². The topological polar surface area (TPSA) is 86.4 Å². The van der Waals surface area contributed by atoms with Gasteiger partial charge in [-0.25, -0.2) is 4.39 Å². The number of rotatable bonds is 8. The van der Waals surface area contributed by atoms with Gasteiger partial charge in [-0.15, -0.1) is 0 Å². The van der Waals surface area contributed by atoms with Crippen molar-refractivity contribution >= 4 is 29.0 Å². The van der Waals surface area contributed by atoms with Gasteiger partial charge in [0.05, 0.1) is 18.4 Å². The van der Waals surface area contributed by atoms with Gasteiger partial charge in [-0.05, 0) is 61.0 Å². The first-order chi connectivity index (χ1) is 15.9. The van der Waals surface area contributed by atoms with Crippen molar-refractivity contribution in [3.8, 4) is 5.75 Å². The fourth-order valence-electron chi connectivity index (χ4n) is 3.05. The van der Waals surface area contributed by atoms with Crippen LogP contribution >= 0.6 is 11.6 Å². The molecule has 0 atom stereocenters. The molecule has 0 aliphatic carbocycles. The number of nitrogens with one attached hydrogen (secondary N) is 1. The largest absolute Gasteiger partial charge is 0.486 e. The molecule has 0 fully saturated rings. The molecule has 2 heterocycles. The summed E-state index contributed by atoms with van der Waals surface area (Å²) in [5, 5.41) is 7.20. The Kier molecular flexibility index (Phi) is 6.55. The fourth-order valence-corrected chi connectivity index (χ4v) is 3.28. The van der Waals surface area contributed by atoms with Gasteiger partial charge in [-0.3, -0.25) is 14.3 Å². The van der Waals surface area contributed by atoms with Gasteiger partial charge >= 0.3 is 0 Å². The second-order valence-electron chi connectivity index (χ2n) is 7.25. The maximum absolute atomic E-state index is 13.2. The maximum Gasteiger partial charge on any atom is 0.291 e. The Morgan fingerprint density at radius 3 is 2.67 bits per heavy atom. The number of amides is 1. The van der Waals surface area contributed by atoms with E-state index in [2.05, 4.69) is 10.4 Å². The van der Waals surface area contributed by atoms with Crippen molar-refractivity contribution < 1.29 is 23.1 Å². The summed E-state index contributed by atoms with van der Waals surface area (Å²) in [7, 11) is 0. The normalized spacial score (nSPS) is 10.8. The highest BCUT2D eigenvalue weighted by molar-refractivity contribution is 6.31. The minimum absolute atomic E-state index is 0.0203. The minimum Gasteiger partial charge on any atom is -0.486 e. The van der Waals surface area contributed by atoms with E-state index in [-0.39, 0.29) is 18.2 Å². The monoisotopic (exact) mass is 467 g/mol. The number of hydrogen-bond acceptors (Lipinski definition) is 5. The lowest BCUT2D eigenvalue weighted by molar-refractivity contribution is 0.0990. The molecule has 1 N–H and O–H groups in total. The number of benzene rings is 2. The van der Waals surface area contributed by atoms with Gasteiger partial charge in [0.15, 0.2) is 11.5 Å². The van der Waals surface area contributed by atoms with E-state index in [9.17, 15) is 14.0 Å². The van der Waals surface area contributed by atoms with E-state index in [4.69, 9.17) is 20.8 Å². The summed E-state index contributed by atoms with van der Waals surface area (Å²) in [6.07, 6.45) is 3.13. The maximum atomic E-state index is 13.2. The third-order valence-corrected chi connectivity index (χ3v) is 5.12. The second-order valence-corrected chi connectivity index (χ2v) is 7.66. The third kappa shape index (κ3) is 5.67. The number of anilines is 1.